The van der Waals surface area contributed by atoms with Crippen molar-refractivity contribution >= 4 is 34.5 Å². The van der Waals surface area contributed by atoms with E-state index in [1.807, 2.05) is 6.92 Å². The van der Waals surface area contributed by atoms with Crippen molar-refractivity contribution in [2.24, 2.45) is 0 Å². The lowest BCUT2D eigenvalue weighted by Gasteiger charge is -2.14. The molecule has 4 nitrogen and oxygen atoms in total. The van der Waals surface area contributed by atoms with Gasteiger partial charge in [0.05, 0.1) is 5.56 Å². The number of carbonyl (C=O) groups excluding carboxylic acids is 1. The Balaban J connectivity index is 2.89. The second-order valence-electron chi connectivity index (χ2n) is 4.25. The van der Waals surface area contributed by atoms with Gasteiger partial charge in [-0.15, -0.1) is 0 Å². The van der Waals surface area contributed by atoms with E-state index in [0.29, 0.717) is 6.42 Å². The molecule has 110 valence electrons. The highest BCUT2D eigenvalue weighted by Crippen LogP contribution is 2.17. The van der Waals surface area contributed by atoms with Crippen molar-refractivity contribution in [2.45, 2.75) is 32.2 Å². The predicted octanol–water partition coefficient (Wildman–Crippen LogP) is 2.94. The maximum atomic E-state index is 13.1. The van der Waals surface area contributed by atoms with Gasteiger partial charge in [0.25, 0.3) is 5.91 Å². The number of nitrogens with one attached hydrogen (secondary N) is 1. The SMILES string of the molecule is CCCC[C@H](NC(=O)c1cc(F)c(F)cc1I)C(=O)O. The number of halogens is 3. The maximum Gasteiger partial charge on any atom is 0.326 e. The summed E-state index contributed by atoms with van der Waals surface area (Å²) < 4.78 is 26.3. The number of unbranched alkanes of at least 4 members (excludes halogenated alkanes) is 1. The van der Waals surface area contributed by atoms with Crippen LogP contribution in [-0.4, -0.2) is 23.0 Å². The van der Waals surface area contributed by atoms with Crippen molar-refractivity contribution in [1.82, 2.24) is 5.32 Å². The highest BCUT2D eigenvalue weighted by molar-refractivity contribution is 14.1. The summed E-state index contributed by atoms with van der Waals surface area (Å²) in [7, 11) is 0. The molecule has 0 aromatic heterocycles. The van der Waals surface area contributed by atoms with E-state index in [2.05, 4.69) is 5.32 Å². The van der Waals surface area contributed by atoms with Crippen LogP contribution in [0, 0.1) is 15.2 Å². The van der Waals surface area contributed by atoms with E-state index in [4.69, 9.17) is 5.11 Å². The van der Waals surface area contributed by atoms with Crippen LogP contribution in [0.25, 0.3) is 0 Å². The Morgan fingerprint density at radius 1 is 1.35 bits per heavy atom. The van der Waals surface area contributed by atoms with Crippen molar-refractivity contribution in [3.63, 3.8) is 0 Å². The zero-order chi connectivity index (χ0) is 15.3. The molecule has 0 bridgehead atoms. The Morgan fingerprint density at radius 2 is 1.95 bits per heavy atom. The third-order valence-electron chi connectivity index (χ3n) is 2.70. The van der Waals surface area contributed by atoms with Crippen molar-refractivity contribution in [3.8, 4) is 0 Å². The van der Waals surface area contributed by atoms with Gasteiger partial charge in [-0.1, -0.05) is 19.8 Å². The number of amides is 1. The lowest BCUT2D eigenvalue weighted by molar-refractivity contribution is -0.139. The molecule has 1 atom stereocenters. The first-order chi connectivity index (χ1) is 9.36. The number of hydrogen-bond donors (Lipinski definition) is 2. The molecule has 1 aromatic carbocycles. The maximum absolute atomic E-state index is 13.1. The van der Waals surface area contributed by atoms with Crippen molar-refractivity contribution in [1.29, 1.82) is 0 Å². The number of aliphatic carboxylic acids is 1. The summed E-state index contributed by atoms with van der Waals surface area (Å²) in [6.07, 6.45) is 1.73. The molecule has 1 aromatic rings. The normalized spacial score (nSPS) is 12.0. The number of benzene rings is 1. The molecule has 0 spiro atoms. The monoisotopic (exact) mass is 397 g/mol. The van der Waals surface area contributed by atoms with Crippen LogP contribution in [0.3, 0.4) is 0 Å². The molecule has 0 aliphatic carbocycles. The molecule has 1 amide bonds. The molecule has 0 heterocycles. The molecule has 7 heteroatoms. The molecule has 1 rings (SSSR count). The smallest absolute Gasteiger partial charge is 0.326 e. The van der Waals surface area contributed by atoms with Gasteiger partial charge >= 0.3 is 5.97 Å². The van der Waals surface area contributed by atoms with Gasteiger partial charge in [-0.2, -0.15) is 0 Å². The Bertz CT molecular complexity index is 523. The van der Waals surface area contributed by atoms with E-state index in [0.717, 1.165) is 18.6 Å². The molecule has 0 unspecified atom stereocenters. The molecule has 20 heavy (non-hydrogen) atoms. The first kappa shape index (κ1) is 16.8. The van der Waals surface area contributed by atoms with Gasteiger partial charge in [-0.25, -0.2) is 13.6 Å². The van der Waals surface area contributed by atoms with E-state index < -0.39 is 29.6 Å². The Labute approximate surface area is 128 Å². The largest absolute Gasteiger partial charge is 0.480 e. The minimum Gasteiger partial charge on any atom is -0.480 e. The minimum absolute atomic E-state index is 0.0766. The quantitative estimate of drug-likeness (QED) is 0.573. The van der Waals surface area contributed by atoms with Crippen LogP contribution in [0.1, 0.15) is 36.5 Å². The van der Waals surface area contributed by atoms with Crippen LogP contribution in [0.2, 0.25) is 0 Å². The Morgan fingerprint density at radius 3 is 2.50 bits per heavy atom. The van der Waals surface area contributed by atoms with Gasteiger partial charge in [-0.05, 0) is 41.1 Å². The van der Waals surface area contributed by atoms with E-state index in [1.165, 1.54) is 0 Å². The van der Waals surface area contributed by atoms with Crippen LogP contribution in [0.4, 0.5) is 8.78 Å². The van der Waals surface area contributed by atoms with Gasteiger partial charge in [0, 0.05) is 3.57 Å². The van der Waals surface area contributed by atoms with Gasteiger partial charge in [0.1, 0.15) is 6.04 Å². The first-order valence-corrected chi connectivity index (χ1v) is 7.12. The minimum atomic E-state index is -1.15. The molecule has 0 fully saturated rings. The van der Waals surface area contributed by atoms with Gasteiger partial charge < -0.3 is 10.4 Å². The second kappa shape index (κ2) is 7.51. The van der Waals surface area contributed by atoms with Crippen LogP contribution in [0.15, 0.2) is 12.1 Å². The lowest BCUT2D eigenvalue weighted by atomic mass is 10.1. The van der Waals surface area contributed by atoms with Crippen molar-refractivity contribution < 1.29 is 23.5 Å². The molecule has 0 saturated carbocycles. The zero-order valence-corrected chi connectivity index (χ0v) is 12.9. The molecule has 0 saturated heterocycles. The van der Waals surface area contributed by atoms with Crippen LogP contribution in [-0.2, 0) is 4.79 Å². The second-order valence-corrected chi connectivity index (χ2v) is 5.41. The molecular weight excluding hydrogens is 383 g/mol. The Kier molecular flexibility index (Phi) is 6.31. The highest BCUT2D eigenvalue weighted by atomic mass is 127. The van der Waals surface area contributed by atoms with E-state index >= 15 is 0 Å². The summed E-state index contributed by atoms with van der Waals surface area (Å²) in [5.74, 6) is -4.07. The average molecular weight is 397 g/mol. The number of rotatable bonds is 6. The third-order valence-corrected chi connectivity index (χ3v) is 3.60. The predicted molar refractivity (Wildman–Crippen MR) is 77.5 cm³/mol. The standard InChI is InChI=1S/C13H14F2INO3/c1-2-3-4-11(13(19)20)17-12(18)7-5-8(14)9(15)6-10(7)16/h5-6,11H,2-4H2,1H3,(H,17,18)(H,19,20)/t11-/m0/s1. The summed E-state index contributed by atoms with van der Waals surface area (Å²) in [5.41, 5.74) is -0.0766. The summed E-state index contributed by atoms with van der Waals surface area (Å²) in [6.45, 7) is 1.90. The molecule has 0 aliphatic rings. The number of hydrogen-bond acceptors (Lipinski definition) is 2. The van der Waals surface area contributed by atoms with Gasteiger partial charge in [0.2, 0.25) is 0 Å². The van der Waals surface area contributed by atoms with Crippen LogP contribution in [0.5, 0.6) is 0 Å². The van der Waals surface area contributed by atoms with Crippen molar-refractivity contribution in [3.05, 3.63) is 32.9 Å². The topological polar surface area (TPSA) is 66.4 Å². The Hall–Kier alpha value is -1.25. The average Bonchev–Trinajstić information content (AvgIpc) is 2.38. The number of carbonyl (C=O) groups is 2. The van der Waals surface area contributed by atoms with E-state index in [9.17, 15) is 18.4 Å². The van der Waals surface area contributed by atoms with Crippen molar-refractivity contribution in [2.75, 3.05) is 0 Å². The first-order valence-electron chi connectivity index (χ1n) is 6.05. The molecule has 2 N–H and O–H groups in total. The fourth-order valence-corrected chi connectivity index (χ4v) is 2.27. The summed E-state index contributed by atoms with van der Waals surface area (Å²) in [5, 5.41) is 11.3. The number of carboxylic acid groups (broad SMARTS) is 1. The van der Waals surface area contributed by atoms with Crippen LogP contribution < -0.4 is 5.32 Å². The fraction of sp³-hybridized carbons (Fsp3) is 0.385. The molecular formula is C13H14F2INO3. The van der Waals surface area contributed by atoms with Crippen LogP contribution >= 0.6 is 22.6 Å². The summed E-state index contributed by atoms with van der Waals surface area (Å²) in [6, 6.07) is 0.629. The van der Waals surface area contributed by atoms with E-state index in [-0.39, 0.29) is 15.6 Å². The van der Waals surface area contributed by atoms with Gasteiger partial charge in [0.15, 0.2) is 11.6 Å². The third kappa shape index (κ3) is 4.39. The molecule has 0 radical (unpaired) electrons. The zero-order valence-electron chi connectivity index (χ0n) is 10.8. The lowest BCUT2D eigenvalue weighted by Crippen LogP contribution is -2.41. The fourth-order valence-electron chi connectivity index (χ4n) is 1.60. The molecule has 0 aliphatic heterocycles. The summed E-state index contributed by atoms with van der Waals surface area (Å²) >= 11 is 1.70. The van der Waals surface area contributed by atoms with Gasteiger partial charge in [-0.3, -0.25) is 4.79 Å². The number of carboxylic acids is 1. The highest BCUT2D eigenvalue weighted by Gasteiger charge is 2.22. The summed E-state index contributed by atoms with van der Waals surface area (Å²) in [4.78, 5) is 23.0. The van der Waals surface area contributed by atoms with E-state index in [1.54, 1.807) is 22.6 Å².